The van der Waals surface area contributed by atoms with E-state index in [-0.39, 0.29) is 11.9 Å². The normalized spacial score (nSPS) is 10.2. The Hall–Kier alpha value is -3.67. The largest absolute Gasteiger partial charge is 0.465 e. The highest BCUT2D eigenvalue weighted by atomic mass is 16.5. The van der Waals surface area contributed by atoms with E-state index in [0.717, 1.165) is 12.1 Å². The smallest absolute Gasteiger partial charge is 0.337 e. The number of carbonyl (C=O) groups excluding carboxylic acids is 2. The van der Waals surface area contributed by atoms with Crippen LogP contribution >= 0.6 is 0 Å². The molecule has 0 radical (unpaired) electrons. The molecule has 0 spiro atoms. The molecule has 0 aliphatic heterocycles. The Kier molecular flexibility index (Phi) is 6.36. The first kappa shape index (κ1) is 19.1. The predicted octanol–water partition coefficient (Wildman–Crippen LogP) is 3.58. The molecular formula is C22H21N3O3. The number of rotatable bonds is 7. The molecule has 3 aromatic rings. The molecule has 2 N–H and O–H groups in total. The van der Waals surface area contributed by atoms with E-state index in [2.05, 4.69) is 20.4 Å². The number of nitrogens with zero attached hydrogens (tertiary/aromatic N) is 1. The van der Waals surface area contributed by atoms with Crippen molar-refractivity contribution in [2.75, 3.05) is 19.0 Å². The van der Waals surface area contributed by atoms with Crippen LogP contribution in [0.3, 0.4) is 0 Å². The molecule has 0 unspecified atom stereocenters. The number of anilines is 2. The van der Waals surface area contributed by atoms with Crippen LogP contribution in [0, 0.1) is 0 Å². The van der Waals surface area contributed by atoms with E-state index in [1.165, 1.54) is 12.7 Å². The molecular weight excluding hydrogens is 354 g/mol. The van der Waals surface area contributed by atoms with Gasteiger partial charge in [-0.3, -0.25) is 4.79 Å². The predicted molar refractivity (Wildman–Crippen MR) is 108 cm³/mol. The topological polar surface area (TPSA) is 80.3 Å². The summed E-state index contributed by atoms with van der Waals surface area (Å²) >= 11 is 0. The third-order valence-electron chi connectivity index (χ3n) is 4.14. The van der Waals surface area contributed by atoms with Crippen LogP contribution in [0.25, 0.3) is 0 Å². The van der Waals surface area contributed by atoms with Crippen molar-refractivity contribution in [3.05, 3.63) is 89.6 Å². The zero-order chi connectivity index (χ0) is 19.8. The first-order valence-corrected chi connectivity index (χ1v) is 8.89. The molecule has 6 nitrogen and oxygen atoms in total. The van der Waals surface area contributed by atoms with E-state index in [0.29, 0.717) is 23.5 Å². The lowest BCUT2D eigenvalue weighted by Crippen LogP contribution is -2.25. The van der Waals surface area contributed by atoms with Crippen LogP contribution in [0.5, 0.6) is 0 Å². The second-order valence-corrected chi connectivity index (χ2v) is 6.12. The Morgan fingerprint density at radius 3 is 2.43 bits per heavy atom. The molecule has 28 heavy (non-hydrogen) atoms. The summed E-state index contributed by atoms with van der Waals surface area (Å²) in [6.45, 7) is 0.558. The first-order chi connectivity index (χ1) is 13.7. The second-order valence-electron chi connectivity index (χ2n) is 6.12. The van der Waals surface area contributed by atoms with Gasteiger partial charge >= 0.3 is 5.97 Å². The Morgan fingerprint density at radius 2 is 1.71 bits per heavy atom. The van der Waals surface area contributed by atoms with Gasteiger partial charge in [0.05, 0.1) is 12.7 Å². The molecule has 6 heteroatoms. The van der Waals surface area contributed by atoms with Gasteiger partial charge in [-0.25, -0.2) is 9.78 Å². The minimum atomic E-state index is -0.390. The SMILES string of the molecule is COC(=O)c1ccc(Nc2cc(C(=O)NCCc3ccccc3)ccn2)cc1. The van der Waals surface area contributed by atoms with Crippen molar-refractivity contribution in [2.24, 2.45) is 0 Å². The summed E-state index contributed by atoms with van der Waals surface area (Å²) in [5.41, 5.74) is 2.92. The quantitative estimate of drug-likeness (QED) is 0.617. The Bertz CT molecular complexity index is 941. The van der Waals surface area contributed by atoms with Gasteiger partial charge in [0.1, 0.15) is 5.82 Å². The summed E-state index contributed by atoms with van der Waals surface area (Å²) < 4.78 is 4.68. The average Bonchev–Trinajstić information content (AvgIpc) is 2.74. The van der Waals surface area contributed by atoms with Gasteiger partial charge in [0, 0.05) is 24.0 Å². The van der Waals surface area contributed by atoms with E-state index in [1.807, 2.05) is 30.3 Å². The van der Waals surface area contributed by atoms with Gasteiger partial charge in [0.25, 0.3) is 5.91 Å². The Morgan fingerprint density at radius 1 is 0.964 bits per heavy atom. The zero-order valence-electron chi connectivity index (χ0n) is 15.5. The number of pyridine rings is 1. The Labute approximate surface area is 163 Å². The number of methoxy groups -OCH3 is 1. The van der Waals surface area contributed by atoms with Crippen molar-refractivity contribution in [3.8, 4) is 0 Å². The molecule has 0 saturated heterocycles. The van der Waals surface area contributed by atoms with Crippen molar-refractivity contribution < 1.29 is 14.3 Å². The standard InChI is InChI=1S/C22H21N3O3/c1-28-22(27)17-7-9-19(10-8-17)25-20-15-18(12-14-23-20)21(26)24-13-11-16-5-3-2-4-6-16/h2-10,12,14-15H,11,13H2,1H3,(H,23,25)(H,24,26). The molecule has 0 fully saturated rings. The van der Waals surface area contributed by atoms with Gasteiger partial charge < -0.3 is 15.4 Å². The number of aromatic nitrogens is 1. The fourth-order valence-electron chi connectivity index (χ4n) is 2.66. The summed E-state index contributed by atoms with van der Waals surface area (Å²) in [7, 11) is 1.34. The summed E-state index contributed by atoms with van der Waals surface area (Å²) in [5, 5.41) is 6.04. The number of ether oxygens (including phenoxy) is 1. The highest BCUT2D eigenvalue weighted by Crippen LogP contribution is 2.16. The number of benzene rings is 2. The number of hydrogen-bond donors (Lipinski definition) is 2. The van der Waals surface area contributed by atoms with Gasteiger partial charge in [0.15, 0.2) is 0 Å². The monoisotopic (exact) mass is 375 g/mol. The third-order valence-corrected chi connectivity index (χ3v) is 4.14. The van der Waals surface area contributed by atoms with E-state index in [4.69, 9.17) is 0 Å². The Balaban J connectivity index is 1.58. The van der Waals surface area contributed by atoms with Crippen LogP contribution in [0.1, 0.15) is 26.3 Å². The molecule has 2 aromatic carbocycles. The van der Waals surface area contributed by atoms with Crippen LogP contribution in [0.2, 0.25) is 0 Å². The minimum Gasteiger partial charge on any atom is -0.465 e. The molecule has 0 aliphatic carbocycles. The van der Waals surface area contributed by atoms with Crippen molar-refractivity contribution in [1.29, 1.82) is 0 Å². The molecule has 0 bridgehead atoms. The van der Waals surface area contributed by atoms with Crippen LogP contribution in [-0.2, 0) is 11.2 Å². The maximum absolute atomic E-state index is 12.4. The maximum Gasteiger partial charge on any atom is 0.337 e. The molecule has 3 rings (SSSR count). The number of nitrogens with one attached hydrogen (secondary N) is 2. The van der Waals surface area contributed by atoms with Gasteiger partial charge in [-0.1, -0.05) is 30.3 Å². The zero-order valence-corrected chi connectivity index (χ0v) is 15.5. The van der Waals surface area contributed by atoms with E-state index < -0.39 is 0 Å². The maximum atomic E-state index is 12.4. The average molecular weight is 375 g/mol. The summed E-state index contributed by atoms with van der Waals surface area (Å²) in [6.07, 6.45) is 2.35. The number of amides is 1. The lowest BCUT2D eigenvalue weighted by Gasteiger charge is -2.09. The van der Waals surface area contributed by atoms with E-state index in [1.54, 1.807) is 42.6 Å². The highest BCUT2D eigenvalue weighted by molar-refractivity contribution is 5.95. The number of hydrogen-bond acceptors (Lipinski definition) is 5. The molecule has 142 valence electrons. The lowest BCUT2D eigenvalue weighted by atomic mass is 10.1. The van der Waals surface area contributed by atoms with Crippen LogP contribution in [0.4, 0.5) is 11.5 Å². The lowest BCUT2D eigenvalue weighted by molar-refractivity contribution is 0.0600. The van der Waals surface area contributed by atoms with Crippen molar-refractivity contribution >= 4 is 23.4 Å². The molecule has 0 atom stereocenters. The summed E-state index contributed by atoms with van der Waals surface area (Å²) in [6, 6.07) is 20.2. The van der Waals surface area contributed by atoms with Crippen LogP contribution in [-0.4, -0.2) is 30.5 Å². The molecule has 1 amide bonds. The second kappa shape index (κ2) is 9.32. The molecule has 0 saturated carbocycles. The van der Waals surface area contributed by atoms with E-state index in [9.17, 15) is 9.59 Å². The minimum absolute atomic E-state index is 0.151. The molecule has 0 aliphatic rings. The third kappa shape index (κ3) is 5.17. The van der Waals surface area contributed by atoms with Crippen LogP contribution < -0.4 is 10.6 Å². The first-order valence-electron chi connectivity index (χ1n) is 8.89. The van der Waals surface area contributed by atoms with Crippen molar-refractivity contribution in [2.45, 2.75) is 6.42 Å². The van der Waals surface area contributed by atoms with Gasteiger partial charge in [-0.2, -0.15) is 0 Å². The van der Waals surface area contributed by atoms with Crippen LogP contribution in [0.15, 0.2) is 72.9 Å². The fourth-order valence-corrected chi connectivity index (χ4v) is 2.66. The number of carbonyl (C=O) groups is 2. The van der Waals surface area contributed by atoms with Gasteiger partial charge in [-0.05, 0) is 48.4 Å². The highest BCUT2D eigenvalue weighted by Gasteiger charge is 2.08. The summed E-state index contributed by atoms with van der Waals surface area (Å²) in [5.74, 6) is 0.00259. The van der Waals surface area contributed by atoms with Crippen molar-refractivity contribution in [3.63, 3.8) is 0 Å². The van der Waals surface area contributed by atoms with Gasteiger partial charge in [-0.15, -0.1) is 0 Å². The molecule has 1 aromatic heterocycles. The van der Waals surface area contributed by atoms with Gasteiger partial charge in [0.2, 0.25) is 0 Å². The molecule has 1 heterocycles. The fraction of sp³-hybridized carbons (Fsp3) is 0.136. The number of esters is 1. The van der Waals surface area contributed by atoms with Crippen molar-refractivity contribution in [1.82, 2.24) is 10.3 Å². The summed E-state index contributed by atoms with van der Waals surface area (Å²) in [4.78, 5) is 28.1. The van der Waals surface area contributed by atoms with E-state index >= 15 is 0 Å².